The molecule has 0 bridgehead atoms. The molecule has 5 rings (SSSR count). The Kier molecular flexibility index (Phi) is 3.87. The lowest BCUT2D eigenvalue weighted by Gasteiger charge is -2.27. The lowest BCUT2D eigenvalue weighted by Crippen LogP contribution is -2.49. The molecule has 0 unspecified atom stereocenters. The van der Waals surface area contributed by atoms with Crippen molar-refractivity contribution in [1.29, 1.82) is 0 Å². The Morgan fingerprint density at radius 2 is 1.07 bits per heavy atom. The van der Waals surface area contributed by atoms with E-state index >= 15 is 0 Å². The summed E-state index contributed by atoms with van der Waals surface area (Å²) in [5, 5.41) is 0. The third kappa shape index (κ3) is 2.40. The van der Waals surface area contributed by atoms with Crippen molar-refractivity contribution in [3.05, 3.63) is 54.9 Å². The van der Waals surface area contributed by atoms with E-state index in [1.54, 1.807) is 6.33 Å². The fraction of sp³-hybridized carbons (Fsp3) is 0.318. The van der Waals surface area contributed by atoms with Crippen LogP contribution in [0.15, 0.2) is 54.9 Å². The van der Waals surface area contributed by atoms with Crippen molar-refractivity contribution in [2.75, 3.05) is 33.7 Å². The zero-order valence-corrected chi connectivity index (χ0v) is 17.5. The third-order valence-corrected chi connectivity index (χ3v) is 6.29. The summed E-state index contributed by atoms with van der Waals surface area (Å²) in [7, 11) is 6.30. The number of aromatic nitrogens is 3. The van der Waals surface area contributed by atoms with E-state index in [1.165, 1.54) is 11.4 Å². The second kappa shape index (κ2) is 6.34. The highest BCUT2D eigenvalue weighted by molar-refractivity contribution is 5.82. The number of para-hydroxylation sites is 4. The third-order valence-electron chi connectivity index (χ3n) is 6.29. The topological polar surface area (TPSA) is 42.6 Å². The first-order chi connectivity index (χ1) is 14.0. The van der Waals surface area contributed by atoms with E-state index in [9.17, 15) is 0 Å². The highest BCUT2D eigenvalue weighted by atomic mass is 15.5. The number of fused-ring (bicyclic) bond motifs is 2. The molecule has 148 valence electrons. The molecule has 3 aromatic rings. The number of benzene rings is 2. The van der Waals surface area contributed by atoms with Gasteiger partial charge in [0.05, 0.1) is 11.4 Å². The second-order valence-electron chi connectivity index (χ2n) is 7.74. The molecule has 3 heterocycles. The average molecular weight is 388 g/mol. The molecule has 0 saturated heterocycles. The Morgan fingerprint density at radius 3 is 1.48 bits per heavy atom. The normalized spacial score (nSPS) is 20.3. The molecule has 0 radical (unpaired) electrons. The van der Waals surface area contributed by atoms with E-state index in [0.717, 1.165) is 23.3 Å². The summed E-state index contributed by atoms with van der Waals surface area (Å²) in [6.07, 6.45) is 1.99. The van der Waals surface area contributed by atoms with Crippen molar-refractivity contribution in [2.45, 2.75) is 26.2 Å². The summed E-state index contributed by atoms with van der Waals surface area (Å²) in [4.78, 5) is 18.5. The molecule has 0 N–H and O–H groups in total. The van der Waals surface area contributed by atoms with E-state index < -0.39 is 0 Å². The summed E-state index contributed by atoms with van der Waals surface area (Å²) < 4.78 is 2.10. The molecule has 0 aliphatic carbocycles. The number of anilines is 6. The standard InChI is InChI=1S/C22H26N7/c1-15-25(3)17-10-6-8-12-19(17)28(15)21-23-14-24-22(27(21)5)29-16(2)26(4)18-11-7-9-13-20(18)29/h6-16H,1-5H3/q+1/t15-,16+. The van der Waals surface area contributed by atoms with Gasteiger partial charge in [-0.3, -0.25) is 0 Å². The van der Waals surface area contributed by atoms with Gasteiger partial charge in [-0.1, -0.05) is 24.3 Å². The maximum atomic E-state index is 4.69. The molecule has 2 aromatic carbocycles. The molecule has 0 amide bonds. The van der Waals surface area contributed by atoms with E-state index in [0.29, 0.717) is 0 Å². The maximum Gasteiger partial charge on any atom is 0.332 e. The van der Waals surface area contributed by atoms with Crippen LogP contribution in [-0.4, -0.2) is 36.4 Å². The SMILES string of the molecule is C[C@@H]1N(C)c2ccccc2N1c1ncnc(N2c3ccccc3N(C)[C@@H]2C)[n+]1C. The first kappa shape index (κ1) is 17.7. The van der Waals surface area contributed by atoms with Crippen LogP contribution in [0.4, 0.5) is 34.6 Å². The van der Waals surface area contributed by atoms with Crippen molar-refractivity contribution in [3.63, 3.8) is 0 Å². The first-order valence-corrected chi connectivity index (χ1v) is 9.94. The van der Waals surface area contributed by atoms with Gasteiger partial charge in [-0.15, -0.1) is 9.97 Å². The Bertz CT molecular complexity index is 1000. The lowest BCUT2D eigenvalue weighted by atomic mass is 10.2. The summed E-state index contributed by atoms with van der Waals surface area (Å²) >= 11 is 0. The minimum atomic E-state index is 0.160. The second-order valence-corrected chi connectivity index (χ2v) is 7.74. The number of rotatable bonds is 2. The molecule has 7 nitrogen and oxygen atoms in total. The number of hydrogen-bond acceptors (Lipinski definition) is 6. The summed E-state index contributed by atoms with van der Waals surface area (Å²) in [5.74, 6) is 1.75. The quantitative estimate of drug-likeness (QED) is 0.628. The fourth-order valence-electron chi connectivity index (χ4n) is 4.48. The van der Waals surface area contributed by atoms with Crippen LogP contribution in [0.2, 0.25) is 0 Å². The molecule has 2 aliphatic heterocycles. The molecular formula is C22H26N7+. The molecule has 0 fully saturated rings. The van der Waals surface area contributed by atoms with Crippen molar-refractivity contribution in [3.8, 4) is 0 Å². The van der Waals surface area contributed by atoms with Crippen molar-refractivity contribution in [1.82, 2.24) is 9.97 Å². The summed E-state index contributed by atoms with van der Waals surface area (Å²) in [6.45, 7) is 4.40. The molecule has 0 spiro atoms. The highest BCUT2D eigenvalue weighted by Gasteiger charge is 2.41. The predicted octanol–water partition coefficient (Wildman–Crippen LogP) is 3.17. The van der Waals surface area contributed by atoms with Crippen molar-refractivity contribution < 1.29 is 4.57 Å². The van der Waals surface area contributed by atoms with Crippen molar-refractivity contribution in [2.24, 2.45) is 7.05 Å². The highest BCUT2D eigenvalue weighted by Crippen LogP contribution is 2.43. The zero-order valence-electron chi connectivity index (χ0n) is 17.5. The molecular weight excluding hydrogens is 362 g/mol. The summed E-state index contributed by atoms with van der Waals surface area (Å²) in [5.41, 5.74) is 4.74. The lowest BCUT2D eigenvalue weighted by molar-refractivity contribution is -0.651. The average Bonchev–Trinajstić information content (AvgIpc) is 3.14. The summed E-state index contributed by atoms with van der Waals surface area (Å²) in [6, 6.07) is 16.9. The van der Waals surface area contributed by atoms with Gasteiger partial charge in [-0.05, 0) is 38.1 Å². The van der Waals surface area contributed by atoms with Gasteiger partial charge in [0.2, 0.25) is 6.33 Å². The van der Waals surface area contributed by atoms with Gasteiger partial charge in [0, 0.05) is 21.1 Å². The van der Waals surface area contributed by atoms with Crippen molar-refractivity contribution >= 4 is 34.6 Å². The van der Waals surface area contributed by atoms with Gasteiger partial charge in [0.1, 0.15) is 23.7 Å². The van der Waals surface area contributed by atoms with Crippen LogP contribution >= 0.6 is 0 Å². The van der Waals surface area contributed by atoms with Crippen LogP contribution in [0.25, 0.3) is 0 Å². The maximum absolute atomic E-state index is 4.69. The Balaban J connectivity index is 1.64. The van der Waals surface area contributed by atoms with E-state index in [1.807, 2.05) is 7.05 Å². The Labute approximate surface area is 171 Å². The van der Waals surface area contributed by atoms with Gasteiger partial charge < -0.3 is 9.80 Å². The van der Waals surface area contributed by atoms with Crippen LogP contribution in [0.3, 0.4) is 0 Å². The minimum Gasteiger partial charge on any atom is -0.345 e. The largest absolute Gasteiger partial charge is 0.345 e. The van der Waals surface area contributed by atoms with E-state index in [-0.39, 0.29) is 12.3 Å². The molecule has 7 heteroatoms. The van der Waals surface area contributed by atoms with Gasteiger partial charge in [-0.25, -0.2) is 14.4 Å². The Hall–Kier alpha value is -3.35. The predicted molar refractivity (Wildman–Crippen MR) is 116 cm³/mol. The zero-order chi connectivity index (χ0) is 20.3. The monoisotopic (exact) mass is 388 g/mol. The van der Waals surface area contributed by atoms with E-state index in [4.69, 9.17) is 0 Å². The number of hydrogen-bond donors (Lipinski definition) is 0. The number of nitrogens with zero attached hydrogens (tertiary/aromatic N) is 7. The van der Waals surface area contributed by atoms with Gasteiger partial charge in [-0.2, -0.15) is 0 Å². The molecule has 2 aliphatic rings. The van der Waals surface area contributed by atoms with Crippen LogP contribution in [0.1, 0.15) is 13.8 Å². The van der Waals surface area contributed by atoms with Crippen LogP contribution in [-0.2, 0) is 7.05 Å². The minimum absolute atomic E-state index is 0.160. The molecule has 0 saturated carbocycles. The van der Waals surface area contributed by atoms with E-state index in [2.05, 4.69) is 111 Å². The van der Waals surface area contributed by atoms with Crippen LogP contribution in [0, 0.1) is 0 Å². The Morgan fingerprint density at radius 1 is 0.690 bits per heavy atom. The smallest absolute Gasteiger partial charge is 0.332 e. The molecule has 29 heavy (non-hydrogen) atoms. The van der Waals surface area contributed by atoms with Crippen LogP contribution < -0.4 is 24.2 Å². The van der Waals surface area contributed by atoms with Crippen LogP contribution in [0.5, 0.6) is 0 Å². The fourth-order valence-corrected chi connectivity index (χ4v) is 4.48. The van der Waals surface area contributed by atoms with Gasteiger partial charge in [0.25, 0.3) is 0 Å². The van der Waals surface area contributed by atoms with Gasteiger partial charge in [0.15, 0.2) is 0 Å². The molecule has 2 atom stereocenters. The first-order valence-electron chi connectivity index (χ1n) is 9.94. The van der Waals surface area contributed by atoms with Gasteiger partial charge >= 0.3 is 11.9 Å². The molecule has 1 aromatic heterocycles.